The van der Waals surface area contributed by atoms with Gasteiger partial charge < -0.3 is 4.90 Å². The van der Waals surface area contributed by atoms with Gasteiger partial charge in [0.15, 0.2) is 11.8 Å². The van der Waals surface area contributed by atoms with Crippen molar-refractivity contribution in [3.63, 3.8) is 0 Å². The van der Waals surface area contributed by atoms with Gasteiger partial charge in [-0.25, -0.2) is 0 Å². The minimum Gasteiger partial charge on any atom is -0.339 e. The van der Waals surface area contributed by atoms with Crippen LogP contribution in [0.4, 0.5) is 0 Å². The van der Waals surface area contributed by atoms with Crippen LogP contribution in [-0.4, -0.2) is 39.9 Å². The van der Waals surface area contributed by atoms with E-state index in [1.807, 2.05) is 6.20 Å². The molecule has 4 heterocycles. The predicted octanol–water partition coefficient (Wildman–Crippen LogP) is 2.80. The highest BCUT2D eigenvalue weighted by Gasteiger charge is 2.49. The summed E-state index contributed by atoms with van der Waals surface area (Å²) in [5.74, 6) is 0.524. The van der Waals surface area contributed by atoms with Crippen molar-refractivity contribution in [1.29, 1.82) is 0 Å². The molecule has 22 heavy (non-hydrogen) atoms. The van der Waals surface area contributed by atoms with Gasteiger partial charge in [-0.3, -0.25) is 9.79 Å². The summed E-state index contributed by atoms with van der Waals surface area (Å²) in [5, 5.41) is 0. The fourth-order valence-corrected chi connectivity index (χ4v) is 4.29. The number of piperidine rings is 1. The smallest absolute Gasteiger partial charge is 0.228 e. The third-order valence-corrected chi connectivity index (χ3v) is 5.62. The molecule has 0 spiro atoms. The first-order valence-corrected chi connectivity index (χ1v) is 8.14. The highest BCUT2D eigenvalue weighted by atomic mass is 35.5. The van der Waals surface area contributed by atoms with E-state index >= 15 is 0 Å². The molecule has 4 aliphatic heterocycles. The Morgan fingerprint density at radius 2 is 2.23 bits per heavy atom. The number of rotatable bonds is 1. The number of allylic oxidation sites excluding steroid dienone is 1. The van der Waals surface area contributed by atoms with Crippen LogP contribution in [0.2, 0.25) is 0 Å². The molecule has 1 amide bonds. The average molecular weight is 320 g/mol. The molecule has 0 aromatic carbocycles. The number of aliphatic imine (C=N–C) groups is 2. The molecular weight excluding hydrogens is 300 g/mol. The molecule has 0 aromatic rings. The number of hydrogen-bond acceptors (Lipinski definition) is 3. The van der Waals surface area contributed by atoms with Crippen LogP contribution >= 0.6 is 11.8 Å². The van der Waals surface area contributed by atoms with Gasteiger partial charge in [-0.05, 0) is 19.3 Å². The van der Waals surface area contributed by atoms with Crippen LogP contribution in [0, 0.1) is 11.3 Å². The van der Waals surface area contributed by atoms with Crippen molar-refractivity contribution in [2.24, 2.45) is 21.3 Å². The Balaban J connectivity index is 1.63. The van der Waals surface area contributed by atoms with Gasteiger partial charge in [0, 0.05) is 23.9 Å². The molecule has 0 saturated carbocycles. The Kier molecular flexibility index (Phi) is 2.91. The monoisotopic (exact) mass is 319 g/mol. The Bertz CT molecular complexity index is 663. The molecule has 0 aliphatic carbocycles. The summed E-state index contributed by atoms with van der Waals surface area (Å²) in [6.45, 7) is 4.85. The van der Waals surface area contributed by atoms with E-state index in [2.05, 4.69) is 28.7 Å². The van der Waals surface area contributed by atoms with E-state index in [4.69, 9.17) is 11.8 Å². The third-order valence-electron chi connectivity index (χ3n) is 5.24. The quantitative estimate of drug-likeness (QED) is 0.685. The van der Waals surface area contributed by atoms with Gasteiger partial charge in [-0.2, -0.15) is 4.99 Å². The normalized spacial score (nSPS) is 38.7. The van der Waals surface area contributed by atoms with E-state index in [-0.39, 0.29) is 21.2 Å². The summed E-state index contributed by atoms with van der Waals surface area (Å²) in [7, 11) is 0. The fourth-order valence-electron chi connectivity index (χ4n) is 4.06. The van der Waals surface area contributed by atoms with E-state index < -0.39 is 0 Å². The lowest BCUT2D eigenvalue weighted by Crippen LogP contribution is -2.43. The van der Waals surface area contributed by atoms with Gasteiger partial charge in [0.25, 0.3) is 0 Å². The molecule has 5 nitrogen and oxygen atoms in total. The molecule has 4 aliphatic rings. The predicted molar refractivity (Wildman–Crippen MR) is 85.9 cm³/mol. The van der Waals surface area contributed by atoms with Gasteiger partial charge in [0.2, 0.25) is 17.9 Å². The number of amides is 1. The standard InChI is InChI=1S/C16H20ClN4O/c1-16(2)7-12-4-3-11(9-20(12)15(16)22)14-13-8-18-5-6-21(13,17)10-19-14/h5-6,8,10-12H,3-4,7,9H2,1-2H3/q+1. The molecule has 2 fully saturated rings. The van der Waals surface area contributed by atoms with Crippen LogP contribution in [0.3, 0.4) is 0 Å². The molecule has 0 aromatic heterocycles. The fraction of sp³-hybridized carbons (Fsp3) is 0.562. The lowest BCUT2D eigenvalue weighted by atomic mass is 9.86. The second kappa shape index (κ2) is 4.52. The topological polar surface area (TPSA) is 45.0 Å². The van der Waals surface area contributed by atoms with Crippen LogP contribution in [0.15, 0.2) is 33.8 Å². The zero-order valence-corrected chi connectivity index (χ0v) is 13.6. The van der Waals surface area contributed by atoms with Crippen molar-refractivity contribution >= 4 is 30.2 Å². The lowest BCUT2D eigenvalue weighted by molar-refractivity contribution is -0.592. The maximum absolute atomic E-state index is 12.6. The molecule has 6 heteroatoms. The Hall–Kier alpha value is -1.46. The molecule has 2 saturated heterocycles. The van der Waals surface area contributed by atoms with E-state index in [1.54, 1.807) is 18.8 Å². The SMILES string of the molecule is CC1(C)CC2CCC(C3=C4C=NC=C[N+]4(Cl)C=N3)CN2C1=O. The zero-order chi connectivity index (χ0) is 15.5. The number of carbonyl (C=O) groups excluding carboxylic acids is 1. The minimum absolute atomic E-state index is 0.0677. The Morgan fingerprint density at radius 3 is 3.05 bits per heavy atom. The van der Waals surface area contributed by atoms with Crippen LogP contribution in [0.1, 0.15) is 33.1 Å². The number of fused-ring (bicyclic) bond motifs is 2. The van der Waals surface area contributed by atoms with Crippen molar-refractivity contribution in [3.8, 4) is 0 Å². The first-order valence-electron chi connectivity index (χ1n) is 7.81. The molecular formula is C16H20ClN4O+. The maximum Gasteiger partial charge on any atom is 0.228 e. The molecule has 4 rings (SSSR count). The molecule has 116 valence electrons. The van der Waals surface area contributed by atoms with Gasteiger partial charge in [0.05, 0.1) is 12.4 Å². The van der Waals surface area contributed by atoms with Crippen molar-refractivity contribution in [2.45, 2.75) is 39.2 Å². The minimum atomic E-state index is -0.225. The van der Waals surface area contributed by atoms with Crippen LogP contribution in [0.25, 0.3) is 0 Å². The summed E-state index contributed by atoms with van der Waals surface area (Å²) in [6, 6.07) is 0.393. The summed E-state index contributed by atoms with van der Waals surface area (Å²) >= 11 is 6.54. The zero-order valence-electron chi connectivity index (χ0n) is 12.9. The highest BCUT2D eigenvalue weighted by molar-refractivity contribution is 6.14. The Labute approximate surface area is 135 Å². The number of hydrogen-bond donors (Lipinski definition) is 0. The van der Waals surface area contributed by atoms with Crippen molar-refractivity contribution in [2.75, 3.05) is 6.54 Å². The number of carbonyl (C=O) groups is 1. The summed E-state index contributed by atoms with van der Waals surface area (Å²) < 4.78 is 0.0677. The maximum atomic E-state index is 12.6. The largest absolute Gasteiger partial charge is 0.339 e. The lowest BCUT2D eigenvalue weighted by Gasteiger charge is -2.35. The first-order chi connectivity index (χ1) is 10.4. The van der Waals surface area contributed by atoms with Crippen molar-refractivity contribution in [1.82, 2.24) is 4.90 Å². The van der Waals surface area contributed by atoms with Gasteiger partial charge in [-0.1, -0.05) is 13.8 Å². The summed E-state index contributed by atoms with van der Waals surface area (Å²) in [6.07, 6.45) is 10.1. The van der Waals surface area contributed by atoms with E-state index in [9.17, 15) is 4.79 Å². The molecule has 0 bridgehead atoms. The third kappa shape index (κ3) is 1.92. The molecule has 0 radical (unpaired) electrons. The number of halogens is 1. The molecule has 3 unspecified atom stereocenters. The summed E-state index contributed by atoms with van der Waals surface area (Å²) in [4.78, 5) is 23.4. The van der Waals surface area contributed by atoms with Gasteiger partial charge >= 0.3 is 0 Å². The summed E-state index contributed by atoms with van der Waals surface area (Å²) in [5.41, 5.74) is 1.68. The number of nitrogens with zero attached hydrogens (tertiary/aromatic N) is 4. The highest BCUT2D eigenvalue weighted by Crippen LogP contribution is 2.44. The van der Waals surface area contributed by atoms with Gasteiger partial charge in [-0.15, -0.1) is 4.00 Å². The molecule has 0 N–H and O–H groups in total. The van der Waals surface area contributed by atoms with E-state index in [0.29, 0.717) is 6.04 Å². The van der Waals surface area contributed by atoms with Crippen LogP contribution in [0.5, 0.6) is 0 Å². The Morgan fingerprint density at radius 1 is 1.41 bits per heavy atom. The van der Waals surface area contributed by atoms with E-state index in [0.717, 1.165) is 37.2 Å². The molecule has 3 atom stereocenters. The van der Waals surface area contributed by atoms with Crippen molar-refractivity contribution < 1.29 is 8.80 Å². The van der Waals surface area contributed by atoms with Gasteiger partial charge in [0.1, 0.15) is 11.9 Å². The van der Waals surface area contributed by atoms with Crippen LogP contribution < -0.4 is 0 Å². The second-order valence-electron chi connectivity index (χ2n) is 7.25. The second-order valence-corrected chi connectivity index (χ2v) is 7.81. The first kappa shape index (κ1) is 14.2. The average Bonchev–Trinajstić information content (AvgIpc) is 2.94. The van der Waals surface area contributed by atoms with Crippen LogP contribution in [-0.2, 0) is 4.79 Å². The van der Waals surface area contributed by atoms with Crippen molar-refractivity contribution in [3.05, 3.63) is 23.8 Å². The number of quaternary nitrogens is 1. The van der Waals surface area contributed by atoms with E-state index in [1.165, 1.54) is 0 Å².